The van der Waals surface area contributed by atoms with Gasteiger partial charge in [-0.2, -0.15) is 5.10 Å². The molecule has 1 aromatic carbocycles. The highest BCUT2D eigenvalue weighted by Gasteiger charge is 2.30. The van der Waals surface area contributed by atoms with Crippen LogP contribution in [0.4, 0.5) is 5.69 Å². The summed E-state index contributed by atoms with van der Waals surface area (Å²) in [6.45, 7) is 2.00. The van der Waals surface area contributed by atoms with Gasteiger partial charge in [0.25, 0.3) is 10.9 Å². The molecule has 0 fully saturated rings. The zero-order valence-electron chi connectivity index (χ0n) is 11.5. The molecule has 0 bridgehead atoms. The monoisotopic (exact) mass is 306 g/mol. The molecule has 0 aliphatic carbocycles. The van der Waals surface area contributed by atoms with Crippen molar-refractivity contribution in [2.24, 2.45) is 7.05 Å². The van der Waals surface area contributed by atoms with Crippen molar-refractivity contribution in [1.82, 2.24) is 15.1 Å². The summed E-state index contributed by atoms with van der Waals surface area (Å²) in [5.41, 5.74) is 2.13. The van der Waals surface area contributed by atoms with E-state index in [0.29, 0.717) is 28.9 Å². The highest BCUT2D eigenvalue weighted by Crippen LogP contribution is 2.28. The molecule has 0 saturated carbocycles. The van der Waals surface area contributed by atoms with Gasteiger partial charge in [-0.25, -0.2) is 9.40 Å². The van der Waals surface area contributed by atoms with Crippen molar-refractivity contribution in [3.05, 3.63) is 41.1 Å². The van der Waals surface area contributed by atoms with Gasteiger partial charge in [0.05, 0.1) is 11.9 Å². The summed E-state index contributed by atoms with van der Waals surface area (Å²) in [5.74, 6) is -0.192. The number of nitrogens with zero attached hydrogens (tertiary/aromatic N) is 2. The van der Waals surface area contributed by atoms with Crippen LogP contribution in [0.5, 0.6) is 0 Å². The van der Waals surface area contributed by atoms with E-state index in [1.54, 1.807) is 32.2 Å². The first-order valence-corrected chi connectivity index (χ1v) is 7.80. The average molecular weight is 306 g/mol. The molecule has 2 N–H and O–H groups in total. The van der Waals surface area contributed by atoms with Crippen LogP contribution in [0.1, 0.15) is 21.5 Å². The number of amides is 1. The molecule has 7 nitrogen and oxygen atoms in total. The van der Waals surface area contributed by atoms with Crippen LogP contribution in [-0.4, -0.2) is 20.2 Å². The van der Waals surface area contributed by atoms with Crippen LogP contribution in [0.15, 0.2) is 29.4 Å². The molecule has 1 aliphatic rings. The first kappa shape index (κ1) is 13.8. The first-order chi connectivity index (χ1) is 9.90. The van der Waals surface area contributed by atoms with Crippen LogP contribution in [0.3, 0.4) is 0 Å². The lowest BCUT2D eigenvalue weighted by molar-refractivity contribution is 0.0965. The molecule has 0 saturated heterocycles. The number of hydrogen-bond donors (Lipinski definition) is 2. The van der Waals surface area contributed by atoms with Crippen LogP contribution in [0.2, 0.25) is 0 Å². The fourth-order valence-electron chi connectivity index (χ4n) is 2.46. The van der Waals surface area contributed by atoms with Crippen LogP contribution in [0, 0.1) is 6.92 Å². The molecule has 2 heterocycles. The lowest BCUT2D eigenvalue weighted by Gasteiger charge is -2.17. The van der Waals surface area contributed by atoms with E-state index in [-0.39, 0.29) is 10.9 Å². The van der Waals surface area contributed by atoms with E-state index in [1.807, 2.05) is 0 Å². The fourth-order valence-corrected chi connectivity index (χ4v) is 3.91. The fraction of sp³-hybridized carbons (Fsp3) is 0.231. The van der Waals surface area contributed by atoms with E-state index in [2.05, 4.69) is 15.1 Å². The van der Waals surface area contributed by atoms with Gasteiger partial charge >= 0.3 is 0 Å². The molecule has 1 atom stereocenters. The Labute approximate surface area is 122 Å². The zero-order valence-corrected chi connectivity index (χ0v) is 12.4. The highest BCUT2D eigenvalue weighted by molar-refractivity contribution is 7.98. The SMILES string of the molecule is Cc1cnn(C)c1[S+](=O)([O-])Nc1cccc2c1CNC2=O. The predicted octanol–water partition coefficient (Wildman–Crippen LogP) is 0.988. The number of anilines is 1. The number of fused-ring (bicyclic) bond motifs is 1. The van der Waals surface area contributed by atoms with Crippen molar-refractivity contribution in [1.29, 1.82) is 0 Å². The number of nitrogens with one attached hydrogen (secondary N) is 2. The van der Waals surface area contributed by atoms with Gasteiger partial charge < -0.3 is 9.87 Å². The smallest absolute Gasteiger partial charge is 0.273 e. The molecule has 110 valence electrons. The number of sulfonamides is 1. The third-order valence-electron chi connectivity index (χ3n) is 3.40. The topological polar surface area (TPSA) is 99.1 Å². The van der Waals surface area contributed by atoms with E-state index < -0.39 is 10.4 Å². The lowest BCUT2D eigenvalue weighted by atomic mass is 10.1. The van der Waals surface area contributed by atoms with Crippen molar-refractivity contribution in [2.45, 2.75) is 18.5 Å². The third kappa shape index (κ3) is 2.22. The molecular weight excluding hydrogens is 292 g/mol. The standard InChI is InChI=1S/C13H14N4O3S/c1-8-6-15-17(2)13(8)21(19,20)16-11-5-3-4-9-10(11)7-14-12(9)18/h3-6H,7H2,1-2H3,(H2-,14,16,18,19,20). The van der Waals surface area contributed by atoms with Gasteiger partial charge in [0.2, 0.25) is 0 Å². The number of aryl methyl sites for hydroxylation is 2. The molecule has 1 unspecified atom stereocenters. The molecule has 3 rings (SSSR count). The van der Waals surface area contributed by atoms with Crippen LogP contribution in [-0.2, 0) is 28.2 Å². The second-order valence-corrected chi connectivity index (χ2v) is 6.47. The Balaban J connectivity index is 2.02. The Kier molecular flexibility index (Phi) is 3.07. The quantitative estimate of drug-likeness (QED) is 0.826. The van der Waals surface area contributed by atoms with Crippen molar-refractivity contribution in [3.63, 3.8) is 0 Å². The molecule has 0 spiro atoms. The van der Waals surface area contributed by atoms with Crippen molar-refractivity contribution < 1.29 is 13.6 Å². The third-order valence-corrected chi connectivity index (χ3v) is 4.99. The minimum Gasteiger partial charge on any atom is -0.587 e. The number of rotatable bonds is 3. The largest absolute Gasteiger partial charge is 0.587 e. The summed E-state index contributed by atoms with van der Waals surface area (Å²) >= 11 is 0. The Morgan fingerprint density at radius 1 is 1.48 bits per heavy atom. The van der Waals surface area contributed by atoms with Gasteiger partial charge in [-0.1, -0.05) is 10.3 Å². The van der Waals surface area contributed by atoms with Gasteiger partial charge in [0, 0.05) is 30.3 Å². The average Bonchev–Trinajstić information content (AvgIpc) is 2.94. The van der Waals surface area contributed by atoms with E-state index in [0.717, 1.165) is 0 Å². The van der Waals surface area contributed by atoms with E-state index in [9.17, 15) is 13.6 Å². The number of carbonyl (C=O) groups is 1. The molecule has 21 heavy (non-hydrogen) atoms. The number of aromatic nitrogens is 2. The minimum atomic E-state index is -3.76. The van der Waals surface area contributed by atoms with Crippen molar-refractivity contribution in [3.8, 4) is 0 Å². The Hall–Kier alpha value is -2.19. The molecule has 1 aliphatic heterocycles. The number of carbonyl (C=O) groups excluding carboxylic acids is 1. The molecule has 8 heteroatoms. The maximum atomic E-state index is 12.5. The summed E-state index contributed by atoms with van der Waals surface area (Å²) in [4.78, 5) is 11.6. The van der Waals surface area contributed by atoms with E-state index >= 15 is 0 Å². The molecule has 0 radical (unpaired) electrons. The zero-order chi connectivity index (χ0) is 15.2. The Morgan fingerprint density at radius 2 is 2.24 bits per heavy atom. The van der Waals surface area contributed by atoms with Crippen molar-refractivity contribution >= 4 is 22.0 Å². The maximum Gasteiger partial charge on any atom is 0.273 e. The summed E-state index contributed by atoms with van der Waals surface area (Å²) in [6, 6.07) is 4.96. The van der Waals surface area contributed by atoms with E-state index in [1.165, 1.54) is 10.9 Å². The second-order valence-electron chi connectivity index (χ2n) is 4.88. The van der Waals surface area contributed by atoms with Crippen LogP contribution in [0.25, 0.3) is 0 Å². The van der Waals surface area contributed by atoms with Gasteiger partial charge in [-0.05, 0) is 19.1 Å². The molecule has 1 amide bonds. The second kappa shape index (κ2) is 4.68. The van der Waals surface area contributed by atoms with Crippen LogP contribution >= 0.6 is 0 Å². The minimum absolute atomic E-state index is 0.109. The lowest BCUT2D eigenvalue weighted by Crippen LogP contribution is -2.25. The molecular formula is C13H14N4O3S. The Bertz CT molecular complexity index is 764. The van der Waals surface area contributed by atoms with Gasteiger partial charge in [-0.3, -0.25) is 4.79 Å². The van der Waals surface area contributed by atoms with Gasteiger partial charge in [0.15, 0.2) is 10.4 Å². The summed E-state index contributed by atoms with van der Waals surface area (Å²) in [5, 5.41) is 6.73. The van der Waals surface area contributed by atoms with Gasteiger partial charge in [0.1, 0.15) is 0 Å². The number of benzene rings is 1. The predicted molar refractivity (Wildman–Crippen MR) is 76.3 cm³/mol. The number of hydrogen-bond acceptors (Lipinski definition) is 4. The van der Waals surface area contributed by atoms with Crippen LogP contribution < -0.4 is 10.0 Å². The summed E-state index contributed by atoms with van der Waals surface area (Å²) in [7, 11) is -2.19. The molecule has 2 aromatic rings. The summed E-state index contributed by atoms with van der Waals surface area (Å²) < 4.78 is 28.9. The highest BCUT2D eigenvalue weighted by atomic mass is 32.3. The van der Waals surface area contributed by atoms with Crippen molar-refractivity contribution in [2.75, 3.05) is 4.72 Å². The summed E-state index contributed by atoms with van der Waals surface area (Å²) in [6.07, 6.45) is 1.50. The van der Waals surface area contributed by atoms with Gasteiger partial charge in [-0.15, -0.1) is 0 Å². The normalized spacial score (nSPS) is 16.2. The maximum absolute atomic E-state index is 12.5. The Morgan fingerprint density at radius 3 is 2.90 bits per heavy atom. The van der Waals surface area contributed by atoms with E-state index in [4.69, 9.17) is 0 Å². The first-order valence-electron chi connectivity index (χ1n) is 6.31. The molecule has 1 aromatic heterocycles.